The quantitative estimate of drug-likeness (QED) is 0.680. The molecule has 3 aliphatic rings. The molecule has 16 heavy (non-hydrogen) atoms. The van der Waals surface area contributed by atoms with Crippen LogP contribution in [0.1, 0.15) is 44.9 Å². The fraction of sp³-hybridized carbons (Fsp3) is 0.923. The average Bonchev–Trinajstić information content (AvgIpc) is 2.65. The Morgan fingerprint density at radius 2 is 2.19 bits per heavy atom. The van der Waals surface area contributed by atoms with E-state index in [1.807, 2.05) is 7.11 Å². The predicted molar refractivity (Wildman–Crippen MR) is 61.1 cm³/mol. The molecule has 3 fully saturated rings. The molecule has 3 atom stereocenters. The van der Waals surface area contributed by atoms with E-state index in [9.17, 15) is 4.79 Å². The minimum absolute atomic E-state index is 0.189. The molecule has 90 valence electrons. The molecular weight excluding hydrogens is 202 g/mol. The van der Waals surface area contributed by atoms with E-state index in [1.165, 1.54) is 25.7 Å². The van der Waals surface area contributed by atoms with Crippen LogP contribution < -0.4 is 0 Å². The van der Waals surface area contributed by atoms with E-state index in [1.54, 1.807) is 0 Å². The largest absolute Gasteiger partial charge is 0.381 e. The molecule has 0 bridgehead atoms. The zero-order valence-electron chi connectivity index (χ0n) is 10.1. The first kappa shape index (κ1) is 10.6. The molecule has 3 rings (SSSR count). The van der Waals surface area contributed by atoms with Crippen molar-refractivity contribution in [1.29, 1.82) is 0 Å². The summed E-state index contributed by atoms with van der Waals surface area (Å²) in [6, 6.07) is 0. The van der Waals surface area contributed by atoms with E-state index in [4.69, 9.17) is 4.74 Å². The summed E-state index contributed by atoms with van der Waals surface area (Å²) in [5.41, 5.74) is 0.189. The first-order chi connectivity index (χ1) is 7.78. The summed E-state index contributed by atoms with van der Waals surface area (Å²) in [6.07, 6.45) is 8.34. The molecule has 2 heterocycles. The summed E-state index contributed by atoms with van der Waals surface area (Å²) in [4.78, 5) is 14.1. The first-order valence-electron chi connectivity index (χ1n) is 6.61. The van der Waals surface area contributed by atoms with Crippen LogP contribution in [0, 0.1) is 5.92 Å². The molecule has 0 unspecified atom stereocenters. The summed E-state index contributed by atoms with van der Waals surface area (Å²) in [5.74, 6) is 0.993. The molecule has 1 aliphatic carbocycles. The second-order valence-electron chi connectivity index (χ2n) is 5.56. The lowest BCUT2D eigenvalue weighted by Crippen LogP contribution is -2.60. The Morgan fingerprint density at radius 3 is 3.00 bits per heavy atom. The van der Waals surface area contributed by atoms with Gasteiger partial charge in [-0.1, -0.05) is 12.8 Å². The summed E-state index contributed by atoms with van der Waals surface area (Å²) >= 11 is 0. The minimum Gasteiger partial charge on any atom is -0.381 e. The van der Waals surface area contributed by atoms with Crippen molar-refractivity contribution >= 4 is 5.91 Å². The van der Waals surface area contributed by atoms with Gasteiger partial charge < -0.3 is 9.64 Å². The van der Waals surface area contributed by atoms with Crippen LogP contribution >= 0.6 is 0 Å². The van der Waals surface area contributed by atoms with E-state index in [-0.39, 0.29) is 5.54 Å². The number of ether oxygens (including phenoxy) is 1. The van der Waals surface area contributed by atoms with Crippen molar-refractivity contribution in [2.45, 2.75) is 56.6 Å². The normalized spacial score (nSPS) is 43.1. The summed E-state index contributed by atoms with van der Waals surface area (Å²) < 4.78 is 5.66. The van der Waals surface area contributed by atoms with Crippen molar-refractivity contribution in [3.8, 4) is 0 Å². The highest BCUT2D eigenvalue weighted by atomic mass is 16.5. The zero-order valence-corrected chi connectivity index (χ0v) is 10.1. The van der Waals surface area contributed by atoms with Gasteiger partial charge in [-0.2, -0.15) is 0 Å². The highest BCUT2D eigenvalue weighted by Gasteiger charge is 2.55. The Hall–Kier alpha value is -0.570. The van der Waals surface area contributed by atoms with Gasteiger partial charge in [-0.3, -0.25) is 4.79 Å². The molecule has 2 saturated heterocycles. The van der Waals surface area contributed by atoms with Crippen molar-refractivity contribution in [2.24, 2.45) is 5.92 Å². The highest BCUT2D eigenvalue weighted by molar-refractivity contribution is 5.80. The molecule has 1 saturated carbocycles. The number of hydrogen-bond donors (Lipinski definition) is 0. The number of hydrogen-bond acceptors (Lipinski definition) is 2. The summed E-state index contributed by atoms with van der Waals surface area (Å²) in [7, 11) is 1.83. The molecule has 0 aromatic carbocycles. The third kappa shape index (κ3) is 1.27. The summed E-state index contributed by atoms with van der Waals surface area (Å²) in [6.45, 7) is 0.924. The maximum atomic E-state index is 11.9. The van der Waals surface area contributed by atoms with Crippen molar-refractivity contribution in [3.63, 3.8) is 0 Å². The van der Waals surface area contributed by atoms with E-state index in [0.717, 1.165) is 25.8 Å². The number of amides is 1. The van der Waals surface area contributed by atoms with Crippen molar-refractivity contribution in [1.82, 2.24) is 4.90 Å². The van der Waals surface area contributed by atoms with Crippen LogP contribution in [0.15, 0.2) is 0 Å². The number of carbonyl (C=O) groups is 1. The van der Waals surface area contributed by atoms with Crippen LogP contribution in [0.4, 0.5) is 0 Å². The maximum Gasteiger partial charge on any atom is 0.223 e. The maximum absolute atomic E-state index is 11.9. The first-order valence-corrected chi connectivity index (χ1v) is 6.61. The van der Waals surface area contributed by atoms with E-state index < -0.39 is 0 Å². The number of carbonyl (C=O) groups excluding carboxylic acids is 1. The van der Waals surface area contributed by atoms with Gasteiger partial charge in [0.1, 0.15) is 0 Å². The van der Waals surface area contributed by atoms with Gasteiger partial charge in [0, 0.05) is 31.5 Å². The molecule has 3 nitrogen and oxygen atoms in total. The van der Waals surface area contributed by atoms with E-state index in [2.05, 4.69) is 4.90 Å². The Morgan fingerprint density at radius 1 is 1.31 bits per heavy atom. The van der Waals surface area contributed by atoms with Crippen LogP contribution in [0.2, 0.25) is 0 Å². The Bertz CT molecular complexity index is 304. The van der Waals surface area contributed by atoms with E-state index in [0.29, 0.717) is 17.9 Å². The van der Waals surface area contributed by atoms with Gasteiger partial charge in [0.25, 0.3) is 0 Å². The van der Waals surface area contributed by atoms with Gasteiger partial charge in [-0.15, -0.1) is 0 Å². The van der Waals surface area contributed by atoms with Gasteiger partial charge in [0.2, 0.25) is 5.91 Å². The third-order valence-corrected chi connectivity index (χ3v) is 5.06. The molecule has 1 spiro atoms. The second-order valence-corrected chi connectivity index (χ2v) is 5.56. The number of methoxy groups -OCH3 is 1. The van der Waals surface area contributed by atoms with Gasteiger partial charge in [0.15, 0.2) is 0 Å². The number of rotatable bonds is 1. The summed E-state index contributed by atoms with van der Waals surface area (Å²) in [5, 5.41) is 0. The van der Waals surface area contributed by atoms with Gasteiger partial charge in [-0.05, 0) is 25.7 Å². The predicted octanol–water partition coefficient (Wildman–Crippen LogP) is 1.96. The Kier molecular flexibility index (Phi) is 2.46. The Labute approximate surface area is 97.1 Å². The lowest BCUT2D eigenvalue weighted by atomic mass is 9.66. The molecule has 0 radical (unpaired) electrons. The van der Waals surface area contributed by atoms with Crippen molar-refractivity contribution < 1.29 is 9.53 Å². The molecule has 1 amide bonds. The fourth-order valence-electron chi connectivity index (χ4n) is 4.36. The number of piperidine rings is 1. The topological polar surface area (TPSA) is 29.5 Å². The fourth-order valence-corrected chi connectivity index (χ4v) is 4.36. The van der Waals surface area contributed by atoms with Crippen molar-refractivity contribution in [3.05, 3.63) is 0 Å². The molecule has 0 N–H and O–H groups in total. The lowest BCUT2D eigenvalue weighted by Gasteiger charge is -2.53. The van der Waals surface area contributed by atoms with Crippen LogP contribution in [0.3, 0.4) is 0 Å². The lowest BCUT2D eigenvalue weighted by molar-refractivity contribution is -0.145. The Balaban J connectivity index is 1.94. The number of nitrogens with zero attached hydrogens (tertiary/aromatic N) is 1. The smallest absolute Gasteiger partial charge is 0.223 e. The van der Waals surface area contributed by atoms with Crippen LogP contribution in [0.5, 0.6) is 0 Å². The van der Waals surface area contributed by atoms with Crippen LogP contribution in [0.25, 0.3) is 0 Å². The molecular formula is C13H21NO2. The molecule has 3 heteroatoms. The van der Waals surface area contributed by atoms with Crippen molar-refractivity contribution in [2.75, 3.05) is 13.7 Å². The second kappa shape index (κ2) is 3.73. The standard InChI is InChI=1S/C13H21NO2/c1-16-11-6-9-14-12(15)5-8-13(14)7-3-2-4-10(11)13/h10-11H,2-9H2,1H3/t10-,11+,13+/m1/s1. The zero-order chi connectivity index (χ0) is 11.2. The SMILES string of the molecule is CO[C@H]1CCN2C(=O)CC[C@]23CCCC[C@H]13. The van der Waals surface area contributed by atoms with Gasteiger partial charge >= 0.3 is 0 Å². The van der Waals surface area contributed by atoms with Crippen LogP contribution in [-0.4, -0.2) is 36.1 Å². The van der Waals surface area contributed by atoms with E-state index >= 15 is 0 Å². The minimum atomic E-state index is 0.189. The highest BCUT2D eigenvalue weighted by Crippen LogP contribution is 2.50. The molecule has 0 aromatic heterocycles. The molecule has 2 aliphatic heterocycles. The third-order valence-electron chi connectivity index (χ3n) is 5.06. The average molecular weight is 223 g/mol. The van der Waals surface area contributed by atoms with Gasteiger partial charge in [0.05, 0.1) is 6.10 Å². The monoisotopic (exact) mass is 223 g/mol. The van der Waals surface area contributed by atoms with Gasteiger partial charge in [-0.25, -0.2) is 0 Å². The van der Waals surface area contributed by atoms with Crippen LogP contribution in [-0.2, 0) is 9.53 Å². The molecule has 0 aromatic rings.